The predicted molar refractivity (Wildman–Crippen MR) is 155 cm³/mol. The molecule has 2 aromatic heterocycles. The molecule has 37 heavy (non-hydrogen) atoms. The van der Waals surface area contributed by atoms with Crippen molar-refractivity contribution in [2.75, 3.05) is 39.0 Å². The summed E-state index contributed by atoms with van der Waals surface area (Å²) >= 11 is 8.49. The molecule has 1 saturated carbocycles. The first-order chi connectivity index (χ1) is 18.1. The number of para-hydroxylation sites is 1. The fourth-order valence-electron chi connectivity index (χ4n) is 5.00. The van der Waals surface area contributed by atoms with Crippen LogP contribution < -0.4 is 15.8 Å². The van der Waals surface area contributed by atoms with E-state index in [0.29, 0.717) is 22.5 Å². The molecule has 6 rings (SSSR count). The summed E-state index contributed by atoms with van der Waals surface area (Å²) < 4.78 is 5.93. The maximum atomic E-state index is 6.72. The van der Waals surface area contributed by atoms with Crippen molar-refractivity contribution in [1.82, 2.24) is 20.2 Å². The van der Waals surface area contributed by atoms with Crippen LogP contribution in [0, 0.1) is 0 Å². The molecule has 2 aliphatic rings. The second-order valence-corrected chi connectivity index (χ2v) is 11.2. The highest BCUT2D eigenvalue weighted by molar-refractivity contribution is 7.17. The molecular weight excluding hydrogens is 502 g/mol. The van der Waals surface area contributed by atoms with Crippen molar-refractivity contribution in [3.63, 3.8) is 0 Å². The van der Waals surface area contributed by atoms with Gasteiger partial charge in [0.2, 0.25) is 0 Å². The number of piperazine rings is 1. The molecule has 3 N–H and O–H groups in total. The van der Waals surface area contributed by atoms with Gasteiger partial charge in [0.05, 0.1) is 15.9 Å². The number of nitrogens with zero attached hydrogens (tertiary/aromatic N) is 3. The van der Waals surface area contributed by atoms with Crippen LogP contribution in [0.25, 0.3) is 21.3 Å². The number of nitrogens with one attached hydrogen (secondary N) is 1. The number of benzene rings is 2. The van der Waals surface area contributed by atoms with Gasteiger partial charge in [-0.2, -0.15) is 0 Å². The highest BCUT2D eigenvalue weighted by Crippen LogP contribution is 2.48. The van der Waals surface area contributed by atoms with Gasteiger partial charge in [-0.15, -0.1) is 11.3 Å². The summed E-state index contributed by atoms with van der Waals surface area (Å²) in [6.07, 6.45) is 7.84. The number of anilines is 1. The van der Waals surface area contributed by atoms with E-state index in [1.54, 1.807) is 17.7 Å². The number of thiophene rings is 1. The third-order valence-corrected chi connectivity index (χ3v) is 8.72. The molecule has 2 fully saturated rings. The highest BCUT2D eigenvalue weighted by atomic mass is 35.5. The summed E-state index contributed by atoms with van der Waals surface area (Å²) in [4.78, 5) is 13.6. The van der Waals surface area contributed by atoms with E-state index >= 15 is 0 Å². The molecule has 0 spiro atoms. The molecule has 194 valence electrons. The number of likely N-dealkylation sites (N-methyl/N-ethyl adjacent to an activating group) is 1. The summed E-state index contributed by atoms with van der Waals surface area (Å²) in [6, 6.07) is 15.5. The number of hydrogen-bond donors (Lipinski definition) is 2. The zero-order valence-corrected chi connectivity index (χ0v) is 22.8. The van der Waals surface area contributed by atoms with E-state index < -0.39 is 0 Å². The third kappa shape index (κ3) is 6.24. The number of nitrogen functional groups attached to an aromatic ring is 1. The Hall–Kier alpha value is -2.71. The fourth-order valence-corrected chi connectivity index (χ4v) is 6.78. The lowest BCUT2D eigenvalue weighted by Crippen LogP contribution is -2.40. The number of rotatable bonds is 4. The first-order valence-corrected chi connectivity index (χ1v) is 14.2. The number of fused-ring (bicyclic) bond motifs is 1. The summed E-state index contributed by atoms with van der Waals surface area (Å²) in [5.41, 5.74) is 8.23. The van der Waals surface area contributed by atoms with Gasteiger partial charge in [0.25, 0.3) is 0 Å². The Bertz CT molecular complexity index is 1320. The Morgan fingerprint density at radius 3 is 2.43 bits per heavy atom. The molecule has 0 amide bonds. The number of aromatic nitrogens is 2. The topological polar surface area (TPSA) is 76.3 Å². The quantitative estimate of drug-likeness (QED) is 0.294. The van der Waals surface area contributed by atoms with Gasteiger partial charge in [-0.1, -0.05) is 49.1 Å². The van der Waals surface area contributed by atoms with Crippen molar-refractivity contribution in [2.45, 2.75) is 38.0 Å². The Morgan fingerprint density at radius 1 is 1.00 bits per heavy atom. The Labute approximate surface area is 227 Å². The van der Waals surface area contributed by atoms with Gasteiger partial charge in [-0.25, -0.2) is 9.97 Å². The zero-order chi connectivity index (χ0) is 25.6. The summed E-state index contributed by atoms with van der Waals surface area (Å²) in [5.74, 6) is 2.52. The molecule has 2 aromatic carbocycles. The monoisotopic (exact) mass is 535 g/mol. The van der Waals surface area contributed by atoms with E-state index in [-0.39, 0.29) is 0 Å². The molecule has 3 heterocycles. The second kappa shape index (κ2) is 12.2. The van der Waals surface area contributed by atoms with Crippen molar-refractivity contribution in [1.29, 1.82) is 0 Å². The lowest BCUT2D eigenvalue weighted by Gasteiger charge is -2.21. The molecule has 6 nitrogen and oxygen atoms in total. The van der Waals surface area contributed by atoms with Crippen LogP contribution in [0.3, 0.4) is 0 Å². The molecule has 0 radical (unpaired) electrons. The number of ether oxygens (including phenoxy) is 1. The van der Waals surface area contributed by atoms with E-state index in [2.05, 4.69) is 27.2 Å². The number of halogens is 1. The van der Waals surface area contributed by atoms with Gasteiger partial charge in [0.1, 0.15) is 23.6 Å². The largest absolute Gasteiger partial charge is 0.457 e. The van der Waals surface area contributed by atoms with Gasteiger partial charge in [0.15, 0.2) is 0 Å². The minimum absolute atomic E-state index is 0.508. The van der Waals surface area contributed by atoms with Crippen LogP contribution >= 0.6 is 22.9 Å². The standard InChI is InChI=1S/C24H22ClN3OS.C5H12N2/c25-19-13-17(29-16-9-5-2-6-10-16)11-12-18(19)23-20-21(27-14-28-24(20)26)22(30-23)15-7-3-1-4-8-15;1-7-4-2-6-3-5-7/h2,5-6,9-15H,1,3-4,7-8H2,(H2,26,27,28);6H,2-5H2,1H3. The van der Waals surface area contributed by atoms with Gasteiger partial charge < -0.3 is 20.7 Å². The van der Waals surface area contributed by atoms with Gasteiger partial charge in [-0.05, 0) is 50.1 Å². The molecular formula is C29H34ClN5OS. The molecule has 1 aliphatic carbocycles. The minimum Gasteiger partial charge on any atom is -0.457 e. The normalized spacial score (nSPS) is 16.8. The number of hydrogen-bond acceptors (Lipinski definition) is 7. The summed E-state index contributed by atoms with van der Waals surface area (Å²) in [7, 11) is 2.15. The highest BCUT2D eigenvalue weighted by Gasteiger charge is 2.25. The molecule has 1 aliphatic heterocycles. The van der Waals surface area contributed by atoms with Gasteiger partial charge >= 0.3 is 0 Å². The van der Waals surface area contributed by atoms with E-state index in [0.717, 1.165) is 40.2 Å². The molecule has 0 unspecified atom stereocenters. The van der Waals surface area contributed by atoms with Gasteiger partial charge in [-0.3, -0.25) is 0 Å². The predicted octanol–water partition coefficient (Wildman–Crippen LogP) is 6.96. The molecule has 4 aromatic rings. The summed E-state index contributed by atoms with van der Waals surface area (Å²) in [5, 5.41) is 4.82. The van der Waals surface area contributed by atoms with Crippen LogP contribution in [0.1, 0.15) is 42.9 Å². The second-order valence-electron chi connectivity index (χ2n) is 9.72. The van der Waals surface area contributed by atoms with E-state index in [9.17, 15) is 0 Å². The van der Waals surface area contributed by atoms with Crippen LogP contribution in [0.15, 0.2) is 54.9 Å². The van der Waals surface area contributed by atoms with Crippen molar-refractivity contribution in [3.05, 3.63) is 64.8 Å². The van der Waals surface area contributed by atoms with Crippen LogP contribution in [0.2, 0.25) is 5.02 Å². The van der Waals surface area contributed by atoms with Crippen LogP contribution in [0.5, 0.6) is 11.5 Å². The van der Waals surface area contributed by atoms with Crippen molar-refractivity contribution >= 4 is 39.7 Å². The average molecular weight is 536 g/mol. The molecule has 8 heteroatoms. The average Bonchev–Trinajstić information content (AvgIpc) is 3.31. The fraction of sp³-hybridized carbons (Fsp3) is 0.379. The van der Waals surface area contributed by atoms with Crippen LogP contribution in [0.4, 0.5) is 5.82 Å². The van der Waals surface area contributed by atoms with Crippen LogP contribution in [-0.4, -0.2) is 48.1 Å². The van der Waals surface area contributed by atoms with Crippen LogP contribution in [-0.2, 0) is 0 Å². The number of nitrogens with two attached hydrogens (primary N) is 1. The molecule has 0 atom stereocenters. The zero-order valence-electron chi connectivity index (χ0n) is 21.3. The smallest absolute Gasteiger partial charge is 0.136 e. The molecule has 0 bridgehead atoms. The van der Waals surface area contributed by atoms with Crippen molar-refractivity contribution in [2.24, 2.45) is 0 Å². The van der Waals surface area contributed by atoms with E-state index in [1.165, 1.54) is 50.1 Å². The lowest BCUT2D eigenvalue weighted by molar-refractivity contribution is 0.291. The van der Waals surface area contributed by atoms with E-state index in [4.69, 9.17) is 22.1 Å². The van der Waals surface area contributed by atoms with E-state index in [1.807, 2.05) is 48.5 Å². The first-order valence-electron chi connectivity index (χ1n) is 13.0. The maximum Gasteiger partial charge on any atom is 0.136 e. The third-order valence-electron chi connectivity index (χ3n) is 7.03. The van der Waals surface area contributed by atoms with Crippen molar-refractivity contribution < 1.29 is 4.74 Å². The first kappa shape index (κ1) is 25.9. The summed E-state index contributed by atoms with van der Waals surface area (Å²) in [6.45, 7) is 4.74. The Balaban J connectivity index is 0.000000348. The SMILES string of the molecule is CN1CCNCC1.Nc1ncnc2c(C3CCCCC3)sc(-c3ccc(Oc4ccccc4)cc3Cl)c12. The minimum atomic E-state index is 0.508. The Kier molecular flexibility index (Phi) is 8.56. The maximum absolute atomic E-state index is 6.72. The lowest BCUT2D eigenvalue weighted by atomic mass is 9.87. The van der Waals surface area contributed by atoms with Crippen molar-refractivity contribution in [3.8, 4) is 21.9 Å². The molecule has 1 saturated heterocycles. The van der Waals surface area contributed by atoms with Gasteiger partial charge in [0, 0.05) is 47.6 Å². The Morgan fingerprint density at radius 2 is 1.76 bits per heavy atom.